The van der Waals surface area contributed by atoms with Crippen LogP contribution in [0.3, 0.4) is 0 Å². The normalized spacial score (nSPS) is 30.6. The predicted octanol–water partition coefficient (Wildman–Crippen LogP) is 0.359. The molecule has 2 aliphatic heterocycles. The van der Waals surface area contributed by atoms with Crippen LogP contribution in [0.5, 0.6) is 0 Å². The third-order valence-electron chi connectivity index (χ3n) is 4.82. The Morgan fingerprint density at radius 3 is 2.53 bits per heavy atom. The molecule has 108 valence electrons. The fraction of sp³-hybridized carbons (Fsp3) is 0.857. The first-order chi connectivity index (χ1) is 8.82. The number of amides is 2. The molecule has 5 heteroatoms. The summed E-state index contributed by atoms with van der Waals surface area (Å²) in [5.74, 6) is 0.347. The van der Waals surface area contributed by atoms with Gasteiger partial charge in [-0.3, -0.25) is 9.59 Å². The highest BCUT2D eigenvalue weighted by molar-refractivity contribution is 5.94. The Hall–Kier alpha value is -1.10. The van der Waals surface area contributed by atoms with E-state index >= 15 is 0 Å². The molecule has 2 aliphatic rings. The minimum atomic E-state index is -0.750. The second-order valence-corrected chi connectivity index (χ2v) is 6.51. The Balaban J connectivity index is 2.29. The van der Waals surface area contributed by atoms with E-state index in [4.69, 9.17) is 0 Å². The molecule has 1 atom stereocenters. The van der Waals surface area contributed by atoms with E-state index in [9.17, 15) is 9.59 Å². The van der Waals surface area contributed by atoms with Crippen molar-refractivity contribution in [1.29, 1.82) is 0 Å². The van der Waals surface area contributed by atoms with Crippen LogP contribution in [0.4, 0.5) is 0 Å². The number of rotatable bonds is 2. The largest absolute Gasteiger partial charge is 0.352 e. The average Bonchev–Trinajstić information content (AvgIpc) is 2.82. The first kappa shape index (κ1) is 14.3. The first-order valence-electron chi connectivity index (χ1n) is 7.13. The van der Waals surface area contributed by atoms with Crippen molar-refractivity contribution in [2.75, 3.05) is 26.2 Å². The van der Waals surface area contributed by atoms with Crippen LogP contribution in [0.2, 0.25) is 0 Å². The van der Waals surface area contributed by atoms with Crippen molar-refractivity contribution < 1.29 is 9.59 Å². The number of piperazine rings is 1. The van der Waals surface area contributed by atoms with E-state index < -0.39 is 5.54 Å². The Kier molecular flexibility index (Phi) is 3.60. The van der Waals surface area contributed by atoms with Crippen LogP contribution >= 0.6 is 0 Å². The lowest BCUT2D eigenvalue weighted by molar-refractivity contribution is -0.158. The van der Waals surface area contributed by atoms with Crippen molar-refractivity contribution in [3.8, 4) is 0 Å². The first-order valence-corrected chi connectivity index (χ1v) is 7.13. The van der Waals surface area contributed by atoms with Crippen LogP contribution in [0, 0.1) is 11.3 Å². The number of nitrogens with zero attached hydrogens (tertiary/aromatic N) is 1. The second kappa shape index (κ2) is 4.78. The number of nitrogens with one attached hydrogen (secondary N) is 2. The molecular formula is C14H25N3O2. The fourth-order valence-electron chi connectivity index (χ4n) is 3.16. The molecule has 2 N–H and O–H groups in total. The van der Waals surface area contributed by atoms with E-state index in [1.807, 2.05) is 13.8 Å². The molecule has 2 heterocycles. The van der Waals surface area contributed by atoms with Crippen molar-refractivity contribution in [3.05, 3.63) is 0 Å². The maximum Gasteiger partial charge on any atom is 0.245 e. The molecule has 2 saturated heterocycles. The van der Waals surface area contributed by atoms with Gasteiger partial charge >= 0.3 is 0 Å². The van der Waals surface area contributed by atoms with Crippen LogP contribution in [0.15, 0.2) is 0 Å². The predicted molar refractivity (Wildman–Crippen MR) is 73.6 cm³/mol. The van der Waals surface area contributed by atoms with E-state index in [1.165, 1.54) is 0 Å². The monoisotopic (exact) mass is 267 g/mol. The van der Waals surface area contributed by atoms with Gasteiger partial charge < -0.3 is 15.5 Å². The maximum atomic E-state index is 13.0. The number of hydrogen-bond acceptors (Lipinski definition) is 3. The van der Waals surface area contributed by atoms with Crippen LogP contribution in [-0.2, 0) is 9.59 Å². The molecule has 0 saturated carbocycles. The van der Waals surface area contributed by atoms with Gasteiger partial charge in [0.1, 0.15) is 5.54 Å². The van der Waals surface area contributed by atoms with E-state index in [-0.39, 0.29) is 23.1 Å². The second-order valence-electron chi connectivity index (χ2n) is 6.51. The van der Waals surface area contributed by atoms with Crippen molar-refractivity contribution >= 4 is 11.8 Å². The lowest BCUT2D eigenvalue weighted by Gasteiger charge is -2.46. The topological polar surface area (TPSA) is 61.4 Å². The molecule has 19 heavy (non-hydrogen) atoms. The summed E-state index contributed by atoms with van der Waals surface area (Å²) < 4.78 is 0. The minimum Gasteiger partial charge on any atom is -0.352 e. The smallest absolute Gasteiger partial charge is 0.245 e. The molecule has 0 spiro atoms. The van der Waals surface area contributed by atoms with Crippen LogP contribution in [0.1, 0.15) is 34.1 Å². The third-order valence-corrected chi connectivity index (χ3v) is 4.82. The van der Waals surface area contributed by atoms with Gasteiger partial charge in [-0.2, -0.15) is 0 Å². The summed E-state index contributed by atoms with van der Waals surface area (Å²) in [6, 6.07) is 0. The number of carbonyl (C=O) groups excluding carboxylic acids is 2. The van der Waals surface area contributed by atoms with Gasteiger partial charge in [0.05, 0.1) is 5.41 Å². The van der Waals surface area contributed by atoms with Gasteiger partial charge in [-0.25, -0.2) is 0 Å². The molecule has 0 aliphatic carbocycles. The Morgan fingerprint density at radius 2 is 2.00 bits per heavy atom. The molecule has 1 unspecified atom stereocenters. The summed E-state index contributed by atoms with van der Waals surface area (Å²) in [7, 11) is 0. The molecule has 0 aromatic rings. The van der Waals surface area contributed by atoms with Gasteiger partial charge in [-0.15, -0.1) is 0 Å². The summed E-state index contributed by atoms with van der Waals surface area (Å²) in [5.41, 5.74) is -1.10. The highest BCUT2D eigenvalue weighted by atomic mass is 16.2. The maximum absolute atomic E-state index is 13.0. The quantitative estimate of drug-likeness (QED) is 0.759. The summed E-state index contributed by atoms with van der Waals surface area (Å²) in [6.45, 7) is 10.6. The lowest BCUT2D eigenvalue weighted by Crippen LogP contribution is -2.66. The third kappa shape index (κ3) is 2.14. The zero-order chi connectivity index (χ0) is 14.3. The van der Waals surface area contributed by atoms with Crippen molar-refractivity contribution in [2.24, 2.45) is 11.3 Å². The van der Waals surface area contributed by atoms with Crippen LogP contribution < -0.4 is 10.6 Å². The summed E-state index contributed by atoms with van der Waals surface area (Å²) in [4.78, 5) is 26.8. The molecule has 0 bridgehead atoms. The molecule has 0 aromatic heterocycles. The van der Waals surface area contributed by atoms with E-state index in [2.05, 4.69) is 24.5 Å². The lowest BCUT2D eigenvalue weighted by atomic mass is 9.74. The molecule has 0 aromatic carbocycles. The van der Waals surface area contributed by atoms with E-state index in [1.54, 1.807) is 4.90 Å². The van der Waals surface area contributed by atoms with Gasteiger partial charge in [0.2, 0.25) is 11.8 Å². The molecule has 2 fully saturated rings. The molecule has 0 radical (unpaired) electrons. The van der Waals surface area contributed by atoms with Gasteiger partial charge in [0.25, 0.3) is 0 Å². The van der Waals surface area contributed by atoms with Crippen molar-refractivity contribution in [1.82, 2.24) is 15.5 Å². The summed E-state index contributed by atoms with van der Waals surface area (Å²) in [6.07, 6.45) is 0.859. The molecular weight excluding hydrogens is 242 g/mol. The zero-order valence-corrected chi connectivity index (χ0v) is 12.4. The fourth-order valence-corrected chi connectivity index (χ4v) is 3.16. The van der Waals surface area contributed by atoms with Crippen molar-refractivity contribution in [3.63, 3.8) is 0 Å². The Bertz CT molecular complexity index is 384. The molecule has 2 rings (SSSR count). The Morgan fingerprint density at radius 1 is 1.32 bits per heavy atom. The van der Waals surface area contributed by atoms with E-state index in [0.717, 1.165) is 19.5 Å². The highest BCUT2D eigenvalue weighted by Crippen LogP contribution is 2.38. The molecule has 5 nitrogen and oxygen atoms in total. The molecule has 2 amide bonds. The van der Waals surface area contributed by atoms with Gasteiger partial charge in [-0.1, -0.05) is 13.8 Å². The average molecular weight is 267 g/mol. The zero-order valence-electron chi connectivity index (χ0n) is 12.4. The van der Waals surface area contributed by atoms with Crippen LogP contribution in [0.25, 0.3) is 0 Å². The number of carbonyl (C=O) groups is 2. The van der Waals surface area contributed by atoms with Crippen LogP contribution in [-0.4, -0.2) is 48.4 Å². The number of hydrogen-bond donors (Lipinski definition) is 2. The van der Waals surface area contributed by atoms with Gasteiger partial charge in [0, 0.05) is 19.6 Å². The summed E-state index contributed by atoms with van der Waals surface area (Å²) >= 11 is 0. The van der Waals surface area contributed by atoms with Crippen molar-refractivity contribution in [2.45, 2.75) is 39.7 Å². The SMILES string of the molecule is CC(C)C1(C(=O)N2CCNC(=O)C2(C)C)CCNC1. The highest BCUT2D eigenvalue weighted by Gasteiger charge is 2.51. The standard InChI is InChI=1S/C14H25N3O2/c1-10(2)14(5-6-15-9-14)12(19)17-8-7-16-11(18)13(17,3)4/h10,15H,5-9H2,1-4H3,(H,16,18). The van der Waals surface area contributed by atoms with Gasteiger partial charge in [0.15, 0.2) is 0 Å². The van der Waals surface area contributed by atoms with E-state index in [0.29, 0.717) is 13.1 Å². The minimum absolute atomic E-state index is 0.0584. The summed E-state index contributed by atoms with van der Waals surface area (Å²) in [5, 5.41) is 6.15. The van der Waals surface area contributed by atoms with Gasteiger partial charge in [-0.05, 0) is 32.7 Å². The Labute approximate surface area is 115 Å².